The number of hydrogen-bond donors (Lipinski definition) is 0. The van der Waals surface area contributed by atoms with Crippen LogP contribution in [0.2, 0.25) is 12.6 Å². The van der Waals surface area contributed by atoms with Crippen molar-refractivity contribution in [3.8, 4) is 23.2 Å². The molecule has 2 rings (SSSR count). The van der Waals surface area contributed by atoms with Crippen molar-refractivity contribution in [2.75, 3.05) is 47.6 Å². The number of benzene rings is 1. The lowest BCUT2D eigenvalue weighted by Gasteiger charge is -2.19. The van der Waals surface area contributed by atoms with Gasteiger partial charge in [0, 0.05) is 12.5 Å². The maximum atomic E-state index is 12.3. The topological polar surface area (TPSA) is 81.0 Å². The second-order valence-electron chi connectivity index (χ2n) is 6.50. The summed E-state index contributed by atoms with van der Waals surface area (Å²) in [5.41, 5.74) is 0.358. The van der Waals surface area contributed by atoms with E-state index in [1.54, 1.807) is 12.1 Å². The summed E-state index contributed by atoms with van der Waals surface area (Å²) >= 11 is 0. The maximum Gasteiger partial charge on any atom is 0.338 e. The molecule has 1 fully saturated rings. The van der Waals surface area contributed by atoms with Crippen LogP contribution in [0.3, 0.4) is 0 Å². The van der Waals surface area contributed by atoms with Crippen molar-refractivity contribution in [1.82, 2.24) is 4.90 Å². The molecule has 0 amide bonds. The summed E-state index contributed by atoms with van der Waals surface area (Å²) in [7, 11) is 4.52. The Morgan fingerprint density at radius 3 is 1.91 bits per heavy atom. The number of methoxy groups -OCH3 is 3. The Morgan fingerprint density at radius 2 is 1.46 bits per heavy atom. The third-order valence-corrected chi connectivity index (χ3v) is 4.76. The molecule has 0 saturated carbocycles. The van der Waals surface area contributed by atoms with Crippen molar-refractivity contribution in [2.24, 2.45) is 0 Å². The highest BCUT2D eigenvalue weighted by Crippen LogP contribution is 2.38. The summed E-state index contributed by atoms with van der Waals surface area (Å²) < 4.78 is 21.2. The minimum absolute atomic E-state index is 0.174. The Bertz CT molecular complexity index is 655. The van der Waals surface area contributed by atoms with E-state index in [9.17, 15) is 4.79 Å². The van der Waals surface area contributed by atoms with Crippen molar-refractivity contribution in [2.45, 2.75) is 80.9 Å². The highest BCUT2D eigenvalue weighted by atomic mass is 16.5. The number of rotatable bonds is 8. The lowest BCUT2D eigenvalue weighted by Crippen LogP contribution is -2.27. The molecule has 1 aliphatic heterocycles. The zero-order valence-electron chi connectivity index (χ0n) is 24.3. The van der Waals surface area contributed by atoms with E-state index in [1.165, 1.54) is 21.3 Å². The zero-order chi connectivity index (χ0) is 27.6. The molecule has 8 heteroatoms. The van der Waals surface area contributed by atoms with E-state index in [0.717, 1.165) is 45.1 Å². The standard InChI is InChI=1S/C19H27BN2O5.4C2H6/c1-24-16-12-15(13-17(25-2)18(16)26-3)19(23)27-11-5-9-22-8-4-6-20(14-21)7-10-22;4*1-2/h12-13H,4-11H2,1-3H3;4*1-2H3. The van der Waals surface area contributed by atoms with Crippen LogP contribution in [0, 0.1) is 11.2 Å². The zero-order valence-corrected chi connectivity index (χ0v) is 24.3. The van der Waals surface area contributed by atoms with Gasteiger partial charge >= 0.3 is 5.97 Å². The molecule has 0 aromatic heterocycles. The van der Waals surface area contributed by atoms with Gasteiger partial charge in [-0.25, -0.2) is 10.1 Å². The van der Waals surface area contributed by atoms with Gasteiger partial charge in [-0.3, -0.25) is 0 Å². The average Bonchev–Trinajstić information content (AvgIpc) is 3.19. The van der Waals surface area contributed by atoms with E-state index in [-0.39, 0.29) is 6.71 Å². The van der Waals surface area contributed by atoms with Crippen molar-refractivity contribution < 1.29 is 23.7 Å². The van der Waals surface area contributed by atoms with Gasteiger partial charge < -0.3 is 23.8 Å². The molecule has 1 aliphatic rings. The lowest BCUT2D eigenvalue weighted by atomic mass is 9.46. The highest BCUT2D eigenvalue weighted by Gasteiger charge is 2.20. The van der Waals surface area contributed by atoms with Gasteiger partial charge in [-0.15, -0.1) is 0 Å². The van der Waals surface area contributed by atoms with Crippen LogP contribution < -0.4 is 14.2 Å². The van der Waals surface area contributed by atoms with Crippen molar-refractivity contribution in [1.29, 1.82) is 5.26 Å². The molecular weight excluding hydrogens is 443 g/mol. The van der Waals surface area contributed by atoms with Crippen molar-refractivity contribution in [3.63, 3.8) is 0 Å². The molecule has 7 nitrogen and oxygen atoms in total. The summed E-state index contributed by atoms with van der Waals surface area (Å²) in [6.07, 6.45) is 3.70. The molecule has 1 aromatic carbocycles. The number of ether oxygens (including phenoxy) is 4. The predicted molar refractivity (Wildman–Crippen MR) is 148 cm³/mol. The molecule has 0 aliphatic carbocycles. The predicted octanol–water partition coefficient (Wildman–Crippen LogP) is 6.63. The largest absolute Gasteiger partial charge is 0.493 e. The van der Waals surface area contributed by atoms with Crippen LogP contribution in [0.5, 0.6) is 17.2 Å². The van der Waals surface area contributed by atoms with Crippen LogP contribution in [0.15, 0.2) is 12.1 Å². The Morgan fingerprint density at radius 1 is 0.914 bits per heavy atom. The molecule has 0 atom stereocenters. The number of nitriles is 1. The SMILES string of the molecule is CC.CC.CC.CC.COc1cc(C(=O)OCCCN2CCCB(C#N)CC2)cc(OC)c1OC. The Kier molecular flexibility index (Phi) is 27.8. The van der Waals surface area contributed by atoms with Crippen LogP contribution in [0.25, 0.3) is 0 Å². The third kappa shape index (κ3) is 14.6. The summed E-state index contributed by atoms with van der Waals surface area (Å²) in [5, 5.41) is 9.04. The van der Waals surface area contributed by atoms with Gasteiger partial charge in [-0.2, -0.15) is 0 Å². The fourth-order valence-corrected chi connectivity index (χ4v) is 3.24. The minimum Gasteiger partial charge on any atom is -0.493 e. The lowest BCUT2D eigenvalue weighted by molar-refractivity contribution is 0.0488. The monoisotopic (exact) mass is 494 g/mol. The number of esters is 1. The first-order chi connectivity index (χ1) is 17.1. The Balaban J connectivity index is -0.00000116. The van der Waals surface area contributed by atoms with Crippen LogP contribution in [0.4, 0.5) is 0 Å². The van der Waals surface area contributed by atoms with Gasteiger partial charge in [0.25, 0.3) is 6.71 Å². The Hall–Kier alpha value is -2.40. The molecule has 202 valence electrons. The van der Waals surface area contributed by atoms with E-state index >= 15 is 0 Å². The minimum atomic E-state index is -0.422. The molecule has 0 N–H and O–H groups in total. The van der Waals surface area contributed by atoms with Crippen molar-refractivity contribution >= 4 is 12.7 Å². The molecule has 1 aromatic rings. The Labute approximate surface area is 216 Å². The number of carbonyl (C=O) groups is 1. The number of nitrogens with zero attached hydrogens (tertiary/aromatic N) is 2. The van der Waals surface area contributed by atoms with Crippen LogP contribution >= 0.6 is 0 Å². The summed E-state index contributed by atoms with van der Waals surface area (Å²) in [5.74, 6) is 3.22. The molecule has 1 saturated heterocycles. The summed E-state index contributed by atoms with van der Waals surface area (Å²) in [4.78, 5) is 14.7. The third-order valence-electron chi connectivity index (χ3n) is 4.76. The van der Waals surface area contributed by atoms with Crippen LogP contribution in [-0.2, 0) is 4.74 Å². The van der Waals surface area contributed by atoms with E-state index in [1.807, 2.05) is 55.4 Å². The van der Waals surface area contributed by atoms with Crippen LogP contribution in [-0.4, -0.2) is 65.2 Å². The first-order valence-electron chi connectivity index (χ1n) is 13.2. The molecule has 1 heterocycles. The summed E-state index contributed by atoms with van der Waals surface area (Å²) in [6, 6.07) is 3.17. The summed E-state index contributed by atoms with van der Waals surface area (Å²) in [6.45, 7) is 19.3. The van der Waals surface area contributed by atoms with Gasteiger partial charge in [-0.05, 0) is 44.4 Å². The molecule has 0 bridgehead atoms. The first kappa shape index (κ1) is 37.2. The average molecular weight is 495 g/mol. The van der Waals surface area contributed by atoms with Gasteiger partial charge in [0.15, 0.2) is 11.5 Å². The van der Waals surface area contributed by atoms with Gasteiger partial charge in [0.2, 0.25) is 5.75 Å². The van der Waals surface area contributed by atoms with Gasteiger partial charge in [0.05, 0.1) is 33.5 Å². The molecule has 0 radical (unpaired) electrons. The molecular formula is C27H51BN2O5. The van der Waals surface area contributed by atoms with E-state index in [4.69, 9.17) is 24.2 Å². The number of carbonyl (C=O) groups excluding carboxylic acids is 1. The smallest absolute Gasteiger partial charge is 0.338 e. The van der Waals surface area contributed by atoms with Crippen molar-refractivity contribution in [3.05, 3.63) is 17.7 Å². The van der Waals surface area contributed by atoms with E-state index in [2.05, 4.69) is 10.9 Å². The molecule has 35 heavy (non-hydrogen) atoms. The van der Waals surface area contributed by atoms with Gasteiger partial charge in [0.1, 0.15) is 0 Å². The van der Waals surface area contributed by atoms with Crippen LogP contribution in [0.1, 0.15) is 78.6 Å². The second-order valence-corrected chi connectivity index (χ2v) is 6.50. The fourth-order valence-electron chi connectivity index (χ4n) is 3.24. The normalized spacial score (nSPS) is 12.1. The quantitative estimate of drug-likeness (QED) is 0.228. The number of hydrogen-bond acceptors (Lipinski definition) is 7. The van der Waals surface area contributed by atoms with E-state index in [0.29, 0.717) is 29.4 Å². The fraction of sp³-hybridized carbons (Fsp3) is 0.704. The van der Waals surface area contributed by atoms with Gasteiger partial charge in [-0.1, -0.05) is 61.7 Å². The molecule has 0 spiro atoms. The van der Waals surface area contributed by atoms with E-state index < -0.39 is 5.97 Å². The maximum absolute atomic E-state index is 12.3. The highest BCUT2D eigenvalue weighted by molar-refractivity contribution is 6.66. The second kappa shape index (κ2) is 26.2. The first-order valence-corrected chi connectivity index (χ1v) is 13.2. The molecule has 0 unspecified atom stereocenters.